The molecule has 1 aromatic heterocycles. The molecular formula is C16H20N2O2. The predicted molar refractivity (Wildman–Crippen MR) is 79.5 cm³/mol. The van der Waals surface area contributed by atoms with E-state index in [2.05, 4.69) is 12.0 Å². The number of benzene rings is 1. The summed E-state index contributed by atoms with van der Waals surface area (Å²) in [5, 5.41) is 2.87. The summed E-state index contributed by atoms with van der Waals surface area (Å²) >= 11 is 0. The molecular weight excluding hydrogens is 252 g/mol. The van der Waals surface area contributed by atoms with E-state index >= 15 is 0 Å². The molecule has 2 rings (SSSR count). The van der Waals surface area contributed by atoms with Crippen molar-refractivity contribution in [2.45, 2.75) is 34.1 Å². The first-order valence-electron chi connectivity index (χ1n) is 6.77. The van der Waals surface area contributed by atoms with Gasteiger partial charge >= 0.3 is 0 Å². The van der Waals surface area contributed by atoms with Crippen LogP contribution in [0.3, 0.4) is 0 Å². The number of nitrogens with one attached hydrogen (secondary N) is 1. The minimum atomic E-state index is -0.274. The van der Waals surface area contributed by atoms with Crippen molar-refractivity contribution >= 4 is 5.78 Å². The molecule has 0 fully saturated rings. The van der Waals surface area contributed by atoms with Crippen molar-refractivity contribution in [3.8, 4) is 0 Å². The summed E-state index contributed by atoms with van der Waals surface area (Å²) in [6, 6.07) is 3.80. The third-order valence-electron chi connectivity index (χ3n) is 3.98. The molecule has 2 aromatic rings. The van der Waals surface area contributed by atoms with E-state index in [4.69, 9.17) is 0 Å². The molecule has 0 unspecified atom stereocenters. The van der Waals surface area contributed by atoms with Crippen LogP contribution < -0.4 is 5.56 Å². The van der Waals surface area contributed by atoms with Crippen molar-refractivity contribution in [2.24, 2.45) is 7.05 Å². The molecule has 1 aromatic carbocycles. The van der Waals surface area contributed by atoms with Gasteiger partial charge in [0.25, 0.3) is 5.56 Å². The third kappa shape index (κ3) is 2.11. The summed E-state index contributed by atoms with van der Waals surface area (Å²) in [5.41, 5.74) is 4.50. The number of carbonyl (C=O) groups excluding carboxylic acids is 1. The lowest BCUT2D eigenvalue weighted by Gasteiger charge is -2.11. The Bertz CT molecular complexity index is 736. The fraction of sp³-hybridized carbons (Fsp3) is 0.375. The van der Waals surface area contributed by atoms with Crippen LogP contribution >= 0.6 is 0 Å². The van der Waals surface area contributed by atoms with E-state index in [1.807, 2.05) is 26.0 Å². The Morgan fingerprint density at radius 1 is 1.20 bits per heavy atom. The number of hydrogen-bond donors (Lipinski definition) is 1. The predicted octanol–water partition coefficient (Wildman–Crippen LogP) is 2.43. The monoisotopic (exact) mass is 272 g/mol. The molecule has 0 spiro atoms. The molecule has 0 aliphatic heterocycles. The lowest BCUT2D eigenvalue weighted by molar-refractivity contribution is 0.103. The minimum absolute atomic E-state index is 0.201. The zero-order valence-corrected chi connectivity index (χ0v) is 12.6. The van der Waals surface area contributed by atoms with Gasteiger partial charge in [0, 0.05) is 18.3 Å². The Labute approximate surface area is 118 Å². The average molecular weight is 272 g/mol. The SMILES string of the molecule is CCc1ccc(C(=O)c2c(C)[nH]n(C)c2=O)c(C)c1C. The van der Waals surface area contributed by atoms with Crippen LogP contribution in [0.1, 0.15) is 45.2 Å². The van der Waals surface area contributed by atoms with Gasteiger partial charge in [-0.1, -0.05) is 19.1 Å². The number of aromatic amines is 1. The fourth-order valence-corrected chi connectivity index (χ4v) is 2.59. The van der Waals surface area contributed by atoms with E-state index < -0.39 is 0 Å². The Morgan fingerprint density at radius 3 is 2.35 bits per heavy atom. The van der Waals surface area contributed by atoms with Gasteiger partial charge in [-0.25, -0.2) is 0 Å². The highest BCUT2D eigenvalue weighted by molar-refractivity contribution is 6.10. The van der Waals surface area contributed by atoms with Crippen molar-refractivity contribution in [3.63, 3.8) is 0 Å². The van der Waals surface area contributed by atoms with Crippen LogP contribution in [0.25, 0.3) is 0 Å². The summed E-state index contributed by atoms with van der Waals surface area (Å²) in [4.78, 5) is 24.7. The molecule has 20 heavy (non-hydrogen) atoms. The van der Waals surface area contributed by atoms with Crippen LogP contribution in [0, 0.1) is 20.8 Å². The quantitative estimate of drug-likeness (QED) is 0.872. The van der Waals surface area contributed by atoms with Crippen molar-refractivity contribution in [1.82, 2.24) is 9.78 Å². The van der Waals surface area contributed by atoms with Crippen LogP contribution in [-0.2, 0) is 13.5 Å². The van der Waals surface area contributed by atoms with E-state index in [1.54, 1.807) is 14.0 Å². The number of ketones is 1. The van der Waals surface area contributed by atoms with Crippen molar-refractivity contribution in [3.05, 3.63) is 56.0 Å². The molecule has 1 heterocycles. The maximum Gasteiger partial charge on any atom is 0.277 e. The number of carbonyl (C=O) groups is 1. The van der Waals surface area contributed by atoms with Gasteiger partial charge in [0.1, 0.15) is 5.56 Å². The van der Waals surface area contributed by atoms with Gasteiger partial charge in [0.15, 0.2) is 0 Å². The molecule has 0 saturated carbocycles. The maximum absolute atomic E-state index is 12.6. The van der Waals surface area contributed by atoms with Gasteiger partial charge < -0.3 is 0 Å². The molecule has 0 bridgehead atoms. The van der Waals surface area contributed by atoms with Crippen LogP contribution in [0.4, 0.5) is 0 Å². The van der Waals surface area contributed by atoms with E-state index in [0.29, 0.717) is 11.3 Å². The zero-order chi connectivity index (χ0) is 15.0. The van der Waals surface area contributed by atoms with Crippen LogP contribution in [-0.4, -0.2) is 15.6 Å². The highest BCUT2D eigenvalue weighted by atomic mass is 16.2. The second-order valence-electron chi connectivity index (χ2n) is 5.18. The summed E-state index contributed by atoms with van der Waals surface area (Å²) < 4.78 is 1.34. The number of nitrogens with zero attached hydrogens (tertiary/aromatic N) is 1. The molecule has 4 heteroatoms. The summed E-state index contributed by atoms with van der Waals surface area (Å²) in [5.74, 6) is -0.201. The van der Waals surface area contributed by atoms with Crippen LogP contribution in [0.5, 0.6) is 0 Å². The van der Waals surface area contributed by atoms with Crippen LogP contribution in [0.2, 0.25) is 0 Å². The molecule has 4 nitrogen and oxygen atoms in total. The highest BCUT2D eigenvalue weighted by Gasteiger charge is 2.21. The van der Waals surface area contributed by atoms with E-state index in [1.165, 1.54) is 10.2 Å². The molecule has 0 atom stereocenters. The average Bonchev–Trinajstić information content (AvgIpc) is 2.66. The van der Waals surface area contributed by atoms with E-state index in [9.17, 15) is 9.59 Å². The second kappa shape index (κ2) is 5.12. The molecule has 1 N–H and O–H groups in total. The summed E-state index contributed by atoms with van der Waals surface area (Å²) in [6.07, 6.45) is 0.937. The normalized spacial score (nSPS) is 10.8. The standard InChI is InChI=1S/C16H20N2O2/c1-6-12-7-8-13(10(3)9(12)2)15(19)14-11(4)17-18(5)16(14)20/h7-8,17H,6H2,1-5H3. The lowest BCUT2D eigenvalue weighted by atomic mass is 9.92. The zero-order valence-electron chi connectivity index (χ0n) is 12.6. The van der Waals surface area contributed by atoms with Gasteiger partial charge in [0.2, 0.25) is 5.78 Å². The van der Waals surface area contributed by atoms with E-state index in [0.717, 1.165) is 17.5 Å². The second-order valence-corrected chi connectivity index (χ2v) is 5.18. The summed E-state index contributed by atoms with van der Waals surface area (Å²) in [7, 11) is 1.62. The first-order chi connectivity index (χ1) is 9.38. The Morgan fingerprint density at radius 2 is 1.85 bits per heavy atom. The number of aromatic nitrogens is 2. The minimum Gasteiger partial charge on any atom is -0.299 e. The molecule has 0 aliphatic rings. The highest BCUT2D eigenvalue weighted by Crippen LogP contribution is 2.21. The van der Waals surface area contributed by atoms with Crippen molar-refractivity contribution in [2.75, 3.05) is 0 Å². The van der Waals surface area contributed by atoms with Gasteiger partial charge in [-0.3, -0.25) is 19.4 Å². The first-order valence-corrected chi connectivity index (χ1v) is 6.77. The fourth-order valence-electron chi connectivity index (χ4n) is 2.59. The molecule has 0 amide bonds. The topological polar surface area (TPSA) is 54.9 Å². The lowest BCUT2D eigenvalue weighted by Crippen LogP contribution is -2.20. The molecule has 0 radical (unpaired) electrons. The van der Waals surface area contributed by atoms with Gasteiger partial charge in [0.05, 0.1) is 0 Å². The third-order valence-corrected chi connectivity index (χ3v) is 3.98. The largest absolute Gasteiger partial charge is 0.299 e. The number of H-pyrrole nitrogens is 1. The molecule has 0 saturated heterocycles. The first kappa shape index (κ1) is 14.3. The number of aryl methyl sites for hydroxylation is 3. The van der Waals surface area contributed by atoms with Gasteiger partial charge in [-0.2, -0.15) is 0 Å². The van der Waals surface area contributed by atoms with Crippen LogP contribution in [0.15, 0.2) is 16.9 Å². The smallest absolute Gasteiger partial charge is 0.277 e. The Hall–Kier alpha value is -2.10. The Balaban J connectivity index is 2.60. The van der Waals surface area contributed by atoms with E-state index in [-0.39, 0.29) is 16.9 Å². The molecule has 0 aliphatic carbocycles. The number of rotatable bonds is 3. The summed E-state index contributed by atoms with van der Waals surface area (Å²) in [6.45, 7) is 7.80. The molecule has 106 valence electrons. The van der Waals surface area contributed by atoms with Crippen molar-refractivity contribution in [1.29, 1.82) is 0 Å². The van der Waals surface area contributed by atoms with Gasteiger partial charge in [-0.05, 0) is 43.9 Å². The van der Waals surface area contributed by atoms with Gasteiger partial charge in [-0.15, -0.1) is 0 Å². The maximum atomic E-state index is 12.6. The number of hydrogen-bond acceptors (Lipinski definition) is 2. The van der Waals surface area contributed by atoms with Crippen molar-refractivity contribution < 1.29 is 4.79 Å². The Kier molecular flexibility index (Phi) is 3.66.